The highest BCUT2D eigenvalue weighted by molar-refractivity contribution is 6.09. The summed E-state index contributed by atoms with van der Waals surface area (Å²) in [5.74, 6) is -0.139. The van der Waals surface area contributed by atoms with Gasteiger partial charge < -0.3 is 15.5 Å². The fourth-order valence-corrected chi connectivity index (χ4v) is 6.21. The average molecular weight is 614 g/mol. The van der Waals surface area contributed by atoms with E-state index in [4.69, 9.17) is 0 Å². The summed E-state index contributed by atoms with van der Waals surface area (Å²) >= 11 is 0. The number of Topliss-reactive ketones (excluding diaryl/α,β-unsaturated/α-hetero) is 1. The van der Waals surface area contributed by atoms with Gasteiger partial charge >= 0.3 is 6.18 Å². The monoisotopic (exact) mass is 613 g/mol. The van der Waals surface area contributed by atoms with E-state index in [-0.39, 0.29) is 34.3 Å². The van der Waals surface area contributed by atoms with Crippen LogP contribution in [0.2, 0.25) is 0 Å². The molecule has 2 N–H and O–H groups in total. The number of alkyl halides is 3. The van der Waals surface area contributed by atoms with Crippen molar-refractivity contribution in [3.8, 4) is 11.1 Å². The lowest BCUT2D eigenvalue weighted by Gasteiger charge is -2.37. The Balaban J connectivity index is 1.24. The van der Waals surface area contributed by atoms with Crippen molar-refractivity contribution in [3.05, 3.63) is 120 Å². The molecule has 1 aliphatic rings. The lowest BCUT2D eigenvalue weighted by Crippen LogP contribution is -2.39. The number of amides is 1. The Bertz CT molecular complexity index is 1580. The van der Waals surface area contributed by atoms with Crippen LogP contribution in [0.3, 0.4) is 0 Å². The van der Waals surface area contributed by atoms with Crippen molar-refractivity contribution in [1.82, 2.24) is 5.32 Å². The number of anilines is 2. The summed E-state index contributed by atoms with van der Waals surface area (Å²) in [4.78, 5) is 28.9. The number of hydrogen-bond donors (Lipinski definition) is 2. The van der Waals surface area contributed by atoms with Crippen LogP contribution < -0.4 is 15.5 Å². The van der Waals surface area contributed by atoms with Gasteiger partial charge in [-0.3, -0.25) is 9.59 Å². The third-order valence-corrected chi connectivity index (χ3v) is 8.43. The maximum absolute atomic E-state index is 13.7. The van der Waals surface area contributed by atoms with Gasteiger partial charge in [-0.05, 0) is 84.8 Å². The van der Waals surface area contributed by atoms with Crippen LogP contribution >= 0.6 is 0 Å². The van der Waals surface area contributed by atoms with E-state index in [0.29, 0.717) is 12.2 Å². The lowest BCUT2D eigenvalue weighted by atomic mass is 9.77. The van der Waals surface area contributed by atoms with Gasteiger partial charge in [0.25, 0.3) is 5.91 Å². The number of halogens is 3. The SMILES string of the molecule is CCCNCC(=O)C(c1ccccc1)C1CCN(c2ccc(NC(=O)c3ccccc3-c3ccccc3C(F)(F)F)cc2)CC1. The molecular formula is C37H38F3N3O2. The highest BCUT2D eigenvalue weighted by Crippen LogP contribution is 2.39. The molecule has 0 radical (unpaired) electrons. The number of nitrogens with one attached hydrogen (secondary N) is 2. The van der Waals surface area contributed by atoms with Crippen molar-refractivity contribution in [2.24, 2.45) is 5.92 Å². The number of hydrogen-bond acceptors (Lipinski definition) is 4. The number of piperidine rings is 1. The molecule has 4 aromatic rings. The van der Waals surface area contributed by atoms with Gasteiger partial charge in [0.2, 0.25) is 0 Å². The van der Waals surface area contributed by atoms with Crippen LogP contribution in [0.25, 0.3) is 11.1 Å². The van der Waals surface area contributed by atoms with Gasteiger partial charge in [0.05, 0.1) is 12.1 Å². The number of benzene rings is 4. The Kier molecular flexibility index (Phi) is 10.4. The smallest absolute Gasteiger partial charge is 0.372 e. The molecule has 1 heterocycles. The maximum atomic E-state index is 13.7. The molecule has 1 fully saturated rings. The largest absolute Gasteiger partial charge is 0.417 e. The first-order chi connectivity index (χ1) is 21.8. The molecular weight excluding hydrogens is 575 g/mol. The van der Waals surface area contributed by atoms with Crippen LogP contribution in [0.1, 0.15) is 53.6 Å². The van der Waals surface area contributed by atoms with Crippen LogP contribution in [-0.2, 0) is 11.0 Å². The summed E-state index contributed by atoms with van der Waals surface area (Å²) < 4.78 is 41.1. The van der Waals surface area contributed by atoms with E-state index in [9.17, 15) is 22.8 Å². The molecule has 45 heavy (non-hydrogen) atoms. The van der Waals surface area contributed by atoms with Crippen molar-refractivity contribution in [1.29, 1.82) is 0 Å². The van der Waals surface area contributed by atoms with Gasteiger partial charge in [0.1, 0.15) is 0 Å². The van der Waals surface area contributed by atoms with Crippen LogP contribution in [0.5, 0.6) is 0 Å². The molecule has 0 aliphatic carbocycles. The first-order valence-corrected chi connectivity index (χ1v) is 15.5. The molecule has 1 amide bonds. The number of carbonyl (C=O) groups is 2. The Hall–Kier alpha value is -4.43. The molecule has 0 spiro atoms. The van der Waals surface area contributed by atoms with E-state index in [1.807, 2.05) is 30.3 Å². The molecule has 5 nitrogen and oxygen atoms in total. The molecule has 0 bridgehead atoms. The van der Waals surface area contributed by atoms with Gasteiger partial charge in [0.15, 0.2) is 5.78 Å². The minimum atomic E-state index is -4.55. The predicted octanol–water partition coefficient (Wildman–Crippen LogP) is 8.19. The van der Waals surface area contributed by atoms with Crippen LogP contribution in [0.4, 0.5) is 24.5 Å². The zero-order valence-corrected chi connectivity index (χ0v) is 25.3. The van der Waals surface area contributed by atoms with E-state index in [1.54, 1.807) is 24.3 Å². The molecule has 4 aromatic carbocycles. The lowest BCUT2D eigenvalue weighted by molar-refractivity contribution is -0.137. The first kappa shape index (κ1) is 32.0. The number of rotatable bonds is 11. The van der Waals surface area contributed by atoms with Gasteiger partial charge in [-0.1, -0.05) is 73.7 Å². The van der Waals surface area contributed by atoms with Gasteiger partial charge in [0, 0.05) is 35.9 Å². The van der Waals surface area contributed by atoms with Crippen LogP contribution in [0, 0.1) is 5.92 Å². The second-order valence-corrected chi connectivity index (χ2v) is 11.4. The second-order valence-electron chi connectivity index (χ2n) is 11.4. The highest BCUT2D eigenvalue weighted by Gasteiger charge is 2.34. The van der Waals surface area contributed by atoms with Crippen molar-refractivity contribution in [2.75, 3.05) is 36.4 Å². The number of nitrogens with zero attached hydrogens (tertiary/aromatic N) is 1. The molecule has 0 saturated carbocycles. The van der Waals surface area contributed by atoms with Gasteiger partial charge in [-0.2, -0.15) is 13.2 Å². The summed E-state index contributed by atoms with van der Waals surface area (Å²) in [5, 5.41) is 6.12. The number of carbonyl (C=O) groups excluding carboxylic acids is 2. The fraction of sp³-hybridized carbons (Fsp3) is 0.297. The third-order valence-electron chi connectivity index (χ3n) is 8.43. The van der Waals surface area contributed by atoms with E-state index < -0.39 is 17.6 Å². The Morgan fingerprint density at radius 3 is 2.11 bits per heavy atom. The zero-order valence-electron chi connectivity index (χ0n) is 25.3. The second kappa shape index (κ2) is 14.6. The number of ketones is 1. The Labute approximate surface area is 262 Å². The first-order valence-electron chi connectivity index (χ1n) is 15.5. The summed E-state index contributed by atoms with van der Waals surface area (Å²) in [6, 6.07) is 29.2. The highest BCUT2D eigenvalue weighted by atomic mass is 19.4. The minimum Gasteiger partial charge on any atom is -0.372 e. The van der Waals surface area contributed by atoms with Crippen molar-refractivity contribution in [2.45, 2.75) is 38.3 Å². The van der Waals surface area contributed by atoms with Crippen LogP contribution in [0.15, 0.2) is 103 Å². The molecule has 1 unspecified atom stereocenters. The Morgan fingerprint density at radius 1 is 0.822 bits per heavy atom. The van der Waals surface area contributed by atoms with Crippen molar-refractivity contribution < 1.29 is 22.8 Å². The predicted molar refractivity (Wildman–Crippen MR) is 174 cm³/mol. The quantitative estimate of drug-likeness (QED) is 0.168. The van der Waals surface area contributed by atoms with Gasteiger partial charge in [-0.15, -0.1) is 0 Å². The summed E-state index contributed by atoms with van der Waals surface area (Å²) in [6.07, 6.45) is -1.80. The van der Waals surface area contributed by atoms with Crippen LogP contribution in [-0.4, -0.2) is 37.9 Å². The van der Waals surface area contributed by atoms with Crippen molar-refractivity contribution >= 4 is 23.1 Å². The molecule has 0 aromatic heterocycles. The van der Waals surface area contributed by atoms with E-state index in [2.05, 4.69) is 34.6 Å². The standard InChI is InChI=1S/C37H38F3N3O2/c1-2-22-41-25-34(44)35(26-10-4-3-5-11-26)27-20-23-43(24-21-27)29-18-16-28(17-19-29)42-36(45)32-14-7-6-12-30(32)31-13-8-9-15-33(31)37(38,39)40/h3-19,27,35,41H,2,20-25H2,1H3,(H,42,45). The topological polar surface area (TPSA) is 61.4 Å². The molecule has 234 valence electrons. The maximum Gasteiger partial charge on any atom is 0.417 e. The molecule has 8 heteroatoms. The molecule has 1 saturated heterocycles. The molecule has 1 aliphatic heterocycles. The van der Waals surface area contributed by atoms with Crippen molar-refractivity contribution in [3.63, 3.8) is 0 Å². The van der Waals surface area contributed by atoms with E-state index in [0.717, 1.165) is 56.2 Å². The van der Waals surface area contributed by atoms with E-state index >= 15 is 0 Å². The fourth-order valence-electron chi connectivity index (χ4n) is 6.21. The Morgan fingerprint density at radius 2 is 1.44 bits per heavy atom. The minimum absolute atomic E-state index is 0.0390. The summed E-state index contributed by atoms with van der Waals surface area (Å²) in [5.41, 5.74) is 2.19. The molecule has 1 atom stereocenters. The third kappa shape index (κ3) is 7.81. The van der Waals surface area contributed by atoms with E-state index in [1.165, 1.54) is 30.3 Å². The summed E-state index contributed by atoms with van der Waals surface area (Å²) in [6.45, 7) is 4.90. The zero-order chi connectivity index (χ0) is 31.8. The average Bonchev–Trinajstić information content (AvgIpc) is 3.06. The molecule has 5 rings (SSSR count). The normalized spacial score (nSPS) is 14.6. The van der Waals surface area contributed by atoms with Gasteiger partial charge in [-0.25, -0.2) is 0 Å². The summed E-state index contributed by atoms with van der Waals surface area (Å²) in [7, 11) is 0.